The number of carbonyl (C=O) groups is 1. The van der Waals surface area contributed by atoms with Gasteiger partial charge in [-0.3, -0.25) is 4.79 Å². The fourth-order valence-corrected chi connectivity index (χ4v) is 5.54. The third kappa shape index (κ3) is 14.3. The Morgan fingerprint density at radius 3 is 1.96 bits per heavy atom. The zero-order valence-electron chi connectivity index (χ0n) is 28.7. The zero-order chi connectivity index (χ0) is 34.2. The molecule has 0 radical (unpaired) electrons. The number of benzene rings is 2. The molecule has 11 heteroatoms. The number of nitrogens with two attached hydrogens (primary N) is 1. The maximum Gasteiger partial charge on any atom is 0.233 e. The number of aromatic nitrogens is 4. The second-order valence-electron chi connectivity index (χ2n) is 11.3. The molecule has 4 aromatic rings. The lowest BCUT2D eigenvalue weighted by molar-refractivity contribution is -0.119. The summed E-state index contributed by atoms with van der Waals surface area (Å²) in [6.45, 7) is 9.74. The minimum Gasteiger partial charge on any atom is -0.370 e. The van der Waals surface area contributed by atoms with Crippen LogP contribution in [0.4, 0.5) is 17.7 Å². The summed E-state index contributed by atoms with van der Waals surface area (Å²) < 4.78 is 0. The molecule has 5 rings (SSSR count). The van der Waals surface area contributed by atoms with Gasteiger partial charge in [-0.25, -0.2) is 15.0 Å². The van der Waals surface area contributed by atoms with Crippen molar-refractivity contribution in [1.82, 2.24) is 25.3 Å². The summed E-state index contributed by atoms with van der Waals surface area (Å²) in [7, 11) is 0. The summed E-state index contributed by atoms with van der Waals surface area (Å²) in [5, 5.41) is 13.5. The van der Waals surface area contributed by atoms with Gasteiger partial charge in [-0.2, -0.15) is 4.98 Å². The van der Waals surface area contributed by atoms with Gasteiger partial charge in [0.1, 0.15) is 10.8 Å². The number of amides is 1. The minimum atomic E-state index is -0.136. The summed E-state index contributed by atoms with van der Waals surface area (Å²) in [5.41, 5.74) is 7.78. The molecule has 6 N–H and O–H groups in total. The predicted molar refractivity (Wildman–Crippen MR) is 201 cm³/mol. The molecule has 2 heterocycles. The van der Waals surface area contributed by atoms with Gasteiger partial charge in [0.15, 0.2) is 0 Å². The van der Waals surface area contributed by atoms with Gasteiger partial charge >= 0.3 is 0 Å². The van der Waals surface area contributed by atoms with Crippen LogP contribution in [-0.2, 0) is 4.79 Å². The Morgan fingerprint density at radius 1 is 0.750 bits per heavy atom. The number of thioether (sulfide) groups is 1. The van der Waals surface area contributed by atoms with Crippen molar-refractivity contribution in [3.63, 3.8) is 0 Å². The highest BCUT2D eigenvalue weighted by atomic mass is 32.2. The molecule has 48 heavy (non-hydrogen) atoms. The van der Waals surface area contributed by atoms with Crippen LogP contribution in [0.1, 0.15) is 76.0 Å². The van der Waals surface area contributed by atoms with Crippen molar-refractivity contribution in [2.45, 2.75) is 69.7 Å². The van der Waals surface area contributed by atoms with E-state index in [0.29, 0.717) is 24.3 Å². The van der Waals surface area contributed by atoms with Gasteiger partial charge in [0, 0.05) is 50.1 Å². The molecule has 1 aliphatic carbocycles. The fourth-order valence-electron chi connectivity index (χ4n) is 4.82. The lowest BCUT2D eigenvalue weighted by Crippen LogP contribution is -2.31. The Morgan fingerprint density at radius 2 is 1.35 bits per heavy atom. The van der Waals surface area contributed by atoms with Crippen LogP contribution in [0.3, 0.4) is 0 Å². The molecule has 0 aliphatic heterocycles. The summed E-state index contributed by atoms with van der Waals surface area (Å²) in [5.74, 6) is 4.05. The Kier molecular flexibility index (Phi) is 18.4. The normalized spacial score (nSPS) is 14.6. The number of nitrogens with zero attached hydrogens (tertiary/aromatic N) is 4. The summed E-state index contributed by atoms with van der Waals surface area (Å²) >= 11 is 1.57. The van der Waals surface area contributed by atoms with Crippen molar-refractivity contribution in [3.8, 4) is 0 Å². The first-order valence-corrected chi connectivity index (χ1v) is 18.1. The largest absolute Gasteiger partial charge is 0.370 e. The SMILES string of the molecule is CCCNc1cc(C2CCC2c2ccccc2)nc(NCCC)n1.CCCNc1nccc(SCCNC(=O)CN)n1.c1ccccc1. The molecule has 0 bridgehead atoms. The van der Waals surface area contributed by atoms with Gasteiger partial charge in [0.05, 0.1) is 12.2 Å². The standard InChI is InChI=1S/C20H28N4.C11H19N5OS.C6H6/c1-3-12-21-19-14-18(23-20(24-19)22-13-4-2)17-11-10-16(17)15-8-6-5-7-9-15;1-2-4-14-11-15-5-3-10(16-11)18-7-6-13-9(17)8-12;1-2-4-6-5-3-1/h5-9,14,16-17H,3-4,10-13H2,1-2H3,(H2,21,22,23,24);3,5H,2,4,6-8,12H2,1H3,(H,13,17)(H,14,15,16);1-6H. The Hall–Kier alpha value is -4.22. The van der Waals surface area contributed by atoms with Gasteiger partial charge in [-0.15, -0.1) is 11.8 Å². The summed E-state index contributed by atoms with van der Waals surface area (Å²) in [6.07, 6.45) is 7.37. The maximum absolute atomic E-state index is 10.9. The Bertz CT molecular complexity index is 1380. The van der Waals surface area contributed by atoms with Crippen LogP contribution in [0, 0.1) is 0 Å². The lowest BCUT2D eigenvalue weighted by atomic mass is 9.68. The highest BCUT2D eigenvalue weighted by molar-refractivity contribution is 7.99. The molecule has 0 saturated heterocycles. The van der Waals surface area contributed by atoms with Crippen LogP contribution >= 0.6 is 11.8 Å². The second-order valence-corrected chi connectivity index (χ2v) is 12.4. The van der Waals surface area contributed by atoms with E-state index in [2.05, 4.69) is 93.4 Å². The topological polar surface area (TPSA) is 143 Å². The molecule has 1 amide bonds. The van der Waals surface area contributed by atoms with Crippen LogP contribution in [0.15, 0.2) is 90.1 Å². The van der Waals surface area contributed by atoms with E-state index >= 15 is 0 Å². The maximum atomic E-state index is 10.9. The van der Waals surface area contributed by atoms with Gasteiger partial charge in [-0.1, -0.05) is 87.5 Å². The van der Waals surface area contributed by atoms with E-state index in [1.165, 1.54) is 24.1 Å². The first kappa shape index (κ1) is 38.2. The van der Waals surface area contributed by atoms with Crippen molar-refractivity contribution in [2.75, 3.05) is 54.4 Å². The molecule has 10 nitrogen and oxygen atoms in total. The molecule has 2 aromatic carbocycles. The van der Waals surface area contributed by atoms with Crippen molar-refractivity contribution < 1.29 is 4.79 Å². The lowest BCUT2D eigenvalue weighted by Gasteiger charge is -2.37. The van der Waals surface area contributed by atoms with Crippen molar-refractivity contribution >= 4 is 35.4 Å². The number of rotatable bonds is 16. The van der Waals surface area contributed by atoms with E-state index < -0.39 is 0 Å². The minimum absolute atomic E-state index is 0.0310. The molecule has 1 saturated carbocycles. The zero-order valence-corrected chi connectivity index (χ0v) is 29.5. The quantitative estimate of drug-likeness (QED) is 0.0483. The molecule has 2 atom stereocenters. The van der Waals surface area contributed by atoms with E-state index in [1.54, 1.807) is 18.0 Å². The first-order chi connectivity index (χ1) is 23.6. The molecular weight excluding hydrogens is 619 g/mol. The highest BCUT2D eigenvalue weighted by Gasteiger charge is 2.34. The van der Waals surface area contributed by atoms with Gasteiger partial charge in [-0.05, 0) is 49.7 Å². The fraction of sp³-hybridized carbons (Fsp3) is 0.432. The Balaban J connectivity index is 0.000000228. The van der Waals surface area contributed by atoms with Crippen molar-refractivity contribution in [2.24, 2.45) is 5.73 Å². The number of carbonyl (C=O) groups excluding carboxylic acids is 1. The third-order valence-corrected chi connectivity index (χ3v) is 8.34. The van der Waals surface area contributed by atoms with Gasteiger partial charge < -0.3 is 27.0 Å². The summed E-state index contributed by atoms with van der Waals surface area (Å²) in [4.78, 5) is 28.8. The number of hydrogen-bond donors (Lipinski definition) is 5. The highest BCUT2D eigenvalue weighted by Crippen LogP contribution is 2.48. The van der Waals surface area contributed by atoms with Crippen LogP contribution < -0.4 is 27.0 Å². The van der Waals surface area contributed by atoms with Crippen LogP contribution in [0.2, 0.25) is 0 Å². The van der Waals surface area contributed by atoms with E-state index in [0.717, 1.165) is 61.4 Å². The molecule has 1 fully saturated rings. The molecular formula is C37H53N9OS. The van der Waals surface area contributed by atoms with E-state index in [9.17, 15) is 4.79 Å². The molecule has 1 aliphatic rings. The Labute approximate surface area is 291 Å². The smallest absolute Gasteiger partial charge is 0.233 e. The average molecular weight is 672 g/mol. The average Bonchev–Trinajstić information content (AvgIpc) is 3.12. The van der Waals surface area contributed by atoms with Gasteiger partial charge in [0.2, 0.25) is 17.8 Å². The van der Waals surface area contributed by atoms with Crippen LogP contribution in [0.5, 0.6) is 0 Å². The molecule has 2 aromatic heterocycles. The van der Waals surface area contributed by atoms with E-state index in [-0.39, 0.29) is 12.5 Å². The predicted octanol–water partition coefficient (Wildman–Crippen LogP) is 6.93. The third-order valence-electron chi connectivity index (χ3n) is 7.41. The summed E-state index contributed by atoms with van der Waals surface area (Å²) in [6, 6.07) is 26.8. The molecule has 0 spiro atoms. The first-order valence-electron chi connectivity index (χ1n) is 17.2. The molecule has 258 valence electrons. The monoisotopic (exact) mass is 671 g/mol. The second kappa shape index (κ2) is 23.2. The van der Waals surface area contributed by atoms with E-state index in [4.69, 9.17) is 10.7 Å². The van der Waals surface area contributed by atoms with Crippen molar-refractivity contribution in [1.29, 1.82) is 0 Å². The van der Waals surface area contributed by atoms with Crippen molar-refractivity contribution in [3.05, 3.63) is 96.3 Å². The van der Waals surface area contributed by atoms with E-state index in [1.807, 2.05) is 42.5 Å². The number of anilines is 3. The van der Waals surface area contributed by atoms with Crippen LogP contribution in [0.25, 0.3) is 0 Å². The number of nitrogens with one attached hydrogen (secondary N) is 4. The molecule has 2 unspecified atom stereocenters. The number of hydrogen-bond acceptors (Lipinski definition) is 10. The van der Waals surface area contributed by atoms with Crippen LogP contribution in [-0.4, -0.2) is 64.3 Å². The van der Waals surface area contributed by atoms with Gasteiger partial charge in [0.25, 0.3) is 0 Å².